The molecule has 0 aromatic heterocycles. The van der Waals surface area contributed by atoms with Gasteiger partial charge in [-0.3, -0.25) is 14.4 Å². The van der Waals surface area contributed by atoms with Crippen LogP contribution in [-0.4, -0.2) is 31.4 Å². The zero-order valence-electron chi connectivity index (χ0n) is 17.8. The van der Waals surface area contributed by atoms with E-state index in [0.29, 0.717) is 19.5 Å². The van der Waals surface area contributed by atoms with Gasteiger partial charge in [0.05, 0.1) is 18.4 Å². The quantitative estimate of drug-likeness (QED) is 0.478. The third-order valence-corrected chi connectivity index (χ3v) is 4.78. The maximum absolute atomic E-state index is 12.7. The van der Waals surface area contributed by atoms with E-state index >= 15 is 0 Å². The fourth-order valence-corrected chi connectivity index (χ4v) is 3.04. The topological polar surface area (TPSA) is 96.5 Å². The second-order valence-corrected chi connectivity index (χ2v) is 7.02. The van der Waals surface area contributed by atoms with E-state index in [0.717, 1.165) is 16.9 Å². The lowest BCUT2D eigenvalue weighted by Gasteiger charge is -2.12. The van der Waals surface area contributed by atoms with E-state index in [1.807, 2.05) is 54.6 Å². The molecule has 7 nitrogen and oxygen atoms in total. The standard InChI is InChI=1S/C25H25N3O4/c1-32-20-13-11-19(12-14-20)17-27-23(29)21-9-5-6-10-22(21)28-25(31)24(30)26-16-15-18-7-3-2-4-8-18/h2-14H,15-17H2,1H3,(H,26,30)(H,27,29)(H,28,31). The van der Waals surface area contributed by atoms with Gasteiger partial charge in [0.15, 0.2) is 0 Å². The van der Waals surface area contributed by atoms with Gasteiger partial charge in [-0.25, -0.2) is 0 Å². The first-order chi connectivity index (χ1) is 15.6. The summed E-state index contributed by atoms with van der Waals surface area (Å²) in [6, 6.07) is 23.5. The number of carbonyl (C=O) groups excluding carboxylic acids is 3. The molecular formula is C25H25N3O4. The van der Waals surface area contributed by atoms with Crippen molar-refractivity contribution in [2.24, 2.45) is 0 Å². The van der Waals surface area contributed by atoms with Crippen molar-refractivity contribution in [3.05, 3.63) is 95.6 Å². The first kappa shape index (κ1) is 22.6. The van der Waals surface area contributed by atoms with Gasteiger partial charge in [0.2, 0.25) is 0 Å². The molecule has 3 amide bonds. The number of hydrogen-bond acceptors (Lipinski definition) is 4. The second kappa shape index (κ2) is 11.3. The summed E-state index contributed by atoms with van der Waals surface area (Å²) < 4.78 is 5.12. The van der Waals surface area contributed by atoms with Gasteiger partial charge >= 0.3 is 11.8 Å². The van der Waals surface area contributed by atoms with Crippen LogP contribution >= 0.6 is 0 Å². The maximum atomic E-state index is 12.7. The monoisotopic (exact) mass is 431 g/mol. The molecule has 0 spiro atoms. The van der Waals surface area contributed by atoms with Crippen molar-refractivity contribution in [3.8, 4) is 5.75 Å². The van der Waals surface area contributed by atoms with Gasteiger partial charge in [-0.05, 0) is 41.8 Å². The Morgan fingerprint density at radius 1 is 0.750 bits per heavy atom. The van der Waals surface area contributed by atoms with Gasteiger partial charge in [0, 0.05) is 13.1 Å². The molecule has 0 saturated heterocycles. The predicted molar refractivity (Wildman–Crippen MR) is 122 cm³/mol. The number of benzene rings is 3. The Balaban J connectivity index is 1.54. The fraction of sp³-hybridized carbons (Fsp3) is 0.160. The summed E-state index contributed by atoms with van der Waals surface area (Å²) in [4.78, 5) is 37.1. The third-order valence-electron chi connectivity index (χ3n) is 4.78. The van der Waals surface area contributed by atoms with E-state index in [-0.39, 0.29) is 17.2 Å². The van der Waals surface area contributed by atoms with Crippen LogP contribution in [0.1, 0.15) is 21.5 Å². The molecule has 3 aromatic rings. The van der Waals surface area contributed by atoms with Gasteiger partial charge in [-0.1, -0.05) is 54.6 Å². The molecule has 0 bridgehead atoms. The normalized spacial score (nSPS) is 10.2. The van der Waals surface area contributed by atoms with Crippen molar-refractivity contribution in [1.29, 1.82) is 0 Å². The highest BCUT2D eigenvalue weighted by Crippen LogP contribution is 2.16. The number of methoxy groups -OCH3 is 1. The molecule has 32 heavy (non-hydrogen) atoms. The number of nitrogens with one attached hydrogen (secondary N) is 3. The molecule has 0 atom stereocenters. The maximum Gasteiger partial charge on any atom is 0.313 e. The van der Waals surface area contributed by atoms with E-state index in [1.165, 1.54) is 0 Å². The van der Waals surface area contributed by atoms with Gasteiger partial charge in [0.1, 0.15) is 5.75 Å². The lowest BCUT2D eigenvalue weighted by molar-refractivity contribution is -0.136. The van der Waals surface area contributed by atoms with Crippen LogP contribution in [0, 0.1) is 0 Å². The summed E-state index contributed by atoms with van der Waals surface area (Å²) >= 11 is 0. The zero-order chi connectivity index (χ0) is 22.8. The lowest BCUT2D eigenvalue weighted by atomic mass is 10.1. The highest BCUT2D eigenvalue weighted by Gasteiger charge is 2.17. The summed E-state index contributed by atoms with van der Waals surface area (Å²) in [7, 11) is 1.59. The van der Waals surface area contributed by atoms with Crippen molar-refractivity contribution in [3.63, 3.8) is 0 Å². The first-order valence-electron chi connectivity index (χ1n) is 10.2. The van der Waals surface area contributed by atoms with Crippen LogP contribution in [0.4, 0.5) is 5.69 Å². The Labute approximate surface area is 186 Å². The van der Waals surface area contributed by atoms with Crippen molar-refractivity contribution in [2.45, 2.75) is 13.0 Å². The number of anilines is 1. The zero-order valence-corrected chi connectivity index (χ0v) is 17.8. The second-order valence-electron chi connectivity index (χ2n) is 7.02. The van der Waals surface area contributed by atoms with Crippen molar-refractivity contribution in [2.75, 3.05) is 19.0 Å². The molecule has 7 heteroatoms. The van der Waals surface area contributed by atoms with Crippen LogP contribution in [0.25, 0.3) is 0 Å². The van der Waals surface area contributed by atoms with Crippen LogP contribution in [0.15, 0.2) is 78.9 Å². The Morgan fingerprint density at radius 3 is 2.16 bits per heavy atom. The molecule has 0 aliphatic rings. The van der Waals surface area contributed by atoms with Crippen LogP contribution in [-0.2, 0) is 22.6 Å². The minimum absolute atomic E-state index is 0.267. The fourth-order valence-electron chi connectivity index (χ4n) is 3.04. The Kier molecular flexibility index (Phi) is 7.97. The smallest absolute Gasteiger partial charge is 0.313 e. The Hall–Kier alpha value is -4.13. The largest absolute Gasteiger partial charge is 0.497 e. The van der Waals surface area contributed by atoms with Gasteiger partial charge in [0.25, 0.3) is 5.91 Å². The van der Waals surface area contributed by atoms with E-state index < -0.39 is 11.8 Å². The molecule has 3 N–H and O–H groups in total. The summed E-state index contributed by atoms with van der Waals surface area (Å²) in [5.74, 6) is -1.21. The number of carbonyl (C=O) groups is 3. The van der Waals surface area contributed by atoms with Gasteiger partial charge in [-0.2, -0.15) is 0 Å². The molecule has 0 fully saturated rings. The van der Waals surface area contributed by atoms with Crippen LogP contribution in [0.2, 0.25) is 0 Å². The average molecular weight is 431 g/mol. The molecule has 0 aliphatic carbocycles. The summed E-state index contributed by atoms with van der Waals surface area (Å²) in [5.41, 5.74) is 2.50. The van der Waals surface area contributed by atoms with Crippen LogP contribution < -0.4 is 20.7 Å². The number of hydrogen-bond donors (Lipinski definition) is 3. The minimum atomic E-state index is -0.825. The van der Waals surface area contributed by atoms with Gasteiger partial charge in [-0.15, -0.1) is 0 Å². The molecule has 0 radical (unpaired) electrons. The SMILES string of the molecule is COc1ccc(CNC(=O)c2ccccc2NC(=O)C(=O)NCCc2ccccc2)cc1. The molecule has 3 aromatic carbocycles. The van der Waals surface area contributed by atoms with Crippen LogP contribution in [0.5, 0.6) is 5.75 Å². The number of para-hydroxylation sites is 1. The molecule has 0 heterocycles. The number of amides is 3. The average Bonchev–Trinajstić information content (AvgIpc) is 2.83. The number of rotatable bonds is 8. The van der Waals surface area contributed by atoms with E-state index in [9.17, 15) is 14.4 Å². The van der Waals surface area contributed by atoms with Crippen molar-refractivity contribution >= 4 is 23.4 Å². The lowest BCUT2D eigenvalue weighted by Crippen LogP contribution is -2.37. The molecule has 0 saturated carbocycles. The molecule has 0 aliphatic heterocycles. The van der Waals surface area contributed by atoms with Crippen LogP contribution in [0.3, 0.4) is 0 Å². The predicted octanol–water partition coefficient (Wildman–Crippen LogP) is 2.92. The molecule has 0 unspecified atom stereocenters. The number of ether oxygens (including phenoxy) is 1. The van der Waals surface area contributed by atoms with E-state index in [1.54, 1.807) is 31.4 Å². The van der Waals surface area contributed by atoms with Crippen molar-refractivity contribution < 1.29 is 19.1 Å². The van der Waals surface area contributed by atoms with E-state index in [4.69, 9.17) is 4.74 Å². The summed E-state index contributed by atoms with van der Waals surface area (Å²) in [5, 5.41) is 7.94. The molecule has 3 rings (SSSR count). The minimum Gasteiger partial charge on any atom is -0.497 e. The van der Waals surface area contributed by atoms with E-state index in [2.05, 4.69) is 16.0 Å². The first-order valence-corrected chi connectivity index (χ1v) is 10.2. The molecule has 164 valence electrons. The summed E-state index contributed by atoms with van der Waals surface area (Å²) in [6.07, 6.45) is 0.615. The summed E-state index contributed by atoms with van der Waals surface area (Å²) in [6.45, 7) is 0.644. The highest BCUT2D eigenvalue weighted by atomic mass is 16.5. The Bertz CT molecular complexity index is 1070. The van der Waals surface area contributed by atoms with Crippen molar-refractivity contribution in [1.82, 2.24) is 10.6 Å². The Morgan fingerprint density at radius 2 is 1.44 bits per heavy atom. The third kappa shape index (κ3) is 6.43. The van der Waals surface area contributed by atoms with Gasteiger partial charge < -0.3 is 20.7 Å². The highest BCUT2D eigenvalue weighted by molar-refractivity contribution is 6.40. The molecular weight excluding hydrogens is 406 g/mol.